The number of esters is 1. The number of nitrogen functional groups attached to an aromatic ring is 1. The van der Waals surface area contributed by atoms with Crippen LogP contribution in [0, 0.1) is 5.41 Å². The molecule has 0 spiro atoms. The van der Waals surface area contributed by atoms with Crippen LogP contribution >= 0.6 is 0 Å². The molecule has 0 aliphatic carbocycles. The fourth-order valence-corrected chi connectivity index (χ4v) is 1.17. The molecule has 0 amide bonds. The minimum atomic E-state index is -1.10. The van der Waals surface area contributed by atoms with Crippen LogP contribution in [-0.2, 0) is 16.6 Å². The SMILES string of the molecule is Cn1cc(N)cc1C(=O)OCC(C)(C)C(=O)O. The molecule has 17 heavy (non-hydrogen) atoms. The molecule has 0 aliphatic heterocycles. The quantitative estimate of drug-likeness (QED) is 0.761. The third kappa shape index (κ3) is 2.99. The van der Waals surface area contributed by atoms with Crippen LogP contribution in [0.3, 0.4) is 0 Å². The second-order valence-corrected chi connectivity index (χ2v) is 4.53. The first-order valence-electron chi connectivity index (χ1n) is 5.06. The summed E-state index contributed by atoms with van der Waals surface area (Å²) in [7, 11) is 1.66. The molecule has 1 heterocycles. The second-order valence-electron chi connectivity index (χ2n) is 4.53. The number of carbonyl (C=O) groups is 2. The number of ether oxygens (including phenoxy) is 1. The molecule has 0 bridgehead atoms. The van der Waals surface area contributed by atoms with Crippen LogP contribution in [0.5, 0.6) is 0 Å². The monoisotopic (exact) mass is 240 g/mol. The highest BCUT2D eigenvalue weighted by Gasteiger charge is 2.29. The fraction of sp³-hybridized carbons (Fsp3) is 0.455. The van der Waals surface area contributed by atoms with E-state index >= 15 is 0 Å². The number of nitrogens with zero attached hydrogens (tertiary/aromatic N) is 1. The van der Waals surface area contributed by atoms with E-state index in [9.17, 15) is 9.59 Å². The van der Waals surface area contributed by atoms with Crippen LogP contribution in [0.1, 0.15) is 24.3 Å². The van der Waals surface area contributed by atoms with Crippen LogP contribution in [-0.4, -0.2) is 28.2 Å². The van der Waals surface area contributed by atoms with Crippen LogP contribution < -0.4 is 5.73 Å². The summed E-state index contributed by atoms with van der Waals surface area (Å²) in [5.41, 5.74) is 5.17. The summed E-state index contributed by atoms with van der Waals surface area (Å²) in [4.78, 5) is 22.5. The number of hydrogen-bond donors (Lipinski definition) is 2. The van der Waals surface area contributed by atoms with E-state index < -0.39 is 17.4 Å². The zero-order valence-corrected chi connectivity index (χ0v) is 10.1. The minimum Gasteiger partial charge on any atom is -0.481 e. The Kier molecular flexibility index (Phi) is 3.45. The van der Waals surface area contributed by atoms with Crippen LogP contribution in [0.25, 0.3) is 0 Å². The number of hydrogen-bond acceptors (Lipinski definition) is 4. The molecule has 0 saturated carbocycles. The lowest BCUT2D eigenvalue weighted by atomic mass is 9.95. The first-order chi connectivity index (χ1) is 7.74. The molecule has 3 N–H and O–H groups in total. The van der Waals surface area contributed by atoms with Crippen molar-refractivity contribution >= 4 is 17.6 Å². The van der Waals surface area contributed by atoms with Gasteiger partial charge in [0, 0.05) is 13.2 Å². The number of nitrogens with two attached hydrogens (primary N) is 1. The van der Waals surface area contributed by atoms with Gasteiger partial charge in [0.05, 0.1) is 11.1 Å². The number of aromatic nitrogens is 1. The Morgan fingerprint density at radius 3 is 2.53 bits per heavy atom. The second kappa shape index (κ2) is 4.48. The maximum Gasteiger partial charge on any atom is 0.355 e. The van der Waals surface area contributed by atoms with Gasteiger partial charge in [-0.05, 0) is 19.9 Å². The molecule has 0 atom stereocenters. The van der Waals surface area contributed by atoms with Gasteiger partial charge in [-0.25, -0.2) is 4.79 Å². The van der Waals surface area contributed by atoms with E-state index in [-0.39, 0.29) is 6.61 Å². The Morgan fingerprint density at radius 2 is 2.12 bits per heavy atom. The maximum atomic E-state index is 11.7. The van der Waals surface area contributed by atoms with Gasteiger partial charge >= 0.3 is 11.9 Å². The lowest BCUT2D eigenvalue weighted by Crippen LogP contribution is -2.30. The first-order valence-corrected chi connectivity index (χ1v) is 5.06. The summed E-state index contributed by atoms with van der Waals surface area (Å²) in [5, 5.41) is 8.87. The Bertz CT molecular complexity index is 448. The zero-order chi connectivity index (χ0) is 13.2. The number of carbonyl (C=O) groups excluding carboxylic acids is 1. The predicted molar refractivity (Wildman–Crippen MR) is 61.5 cm³/mol. The molecule has 1 aromatic heterocycles. The van der Waals surface area contributed by atoms with Crippen LogP contribution in [0.4, 0.5) is 5.69 Å². The molecule has 94 valence electrons. The number of carboxylic acid groups (broad SMARTS) is 1. The van der Waals surface area contributed by atoms with E-state index in [0.29, 0.717) is 11.4 Å². The van der Waals surface area contributed by atoms with Crippen molar-refractivity contribution in [1.29, 1.82) is 0 Å². The number of carboxylic acids is 1. The number of aliphatic carboxylic acids is 1. The van der Waals surface area contributed by atoms with Gasteiger partial charge in [-0.3, -0.25) is 4.79 Å². The Hall–Kier alpha value is -1.98. The lowest BCUT2D eigenvalue weighted by Gasteiger charge is -2.18. The molecule has 0 unspecified atom stereocenters. The molecule has 1 aromatic rings. The van der Waals surface area contributed by atoms with Crippen LogP contribution in [0.2, 0.25) is 0 Å². The van der Waals surface area contributed by atoms with E-state index in [1.54, 1.807) is 13.2 Å². The smallest absolute Gasteiger partial charge is 0.355 e. The van der Waals surface area contributed by atoms with E-state index in [2.05, 4.69) is 0 Å². The van der Waals surface area contributed by atoms with Crippen molar-refractivity contribution < 1.29 is 19.4 Å². The van der Waals surface area contributed by atoms with E-state index in [1.807, 2.05) is 0 Å². The summed E-state index contributed by atoms with van der Waals surface area (Å²) < 4.78 is 6.49. The van der Waals surface area contributed by atoms with Gasteiger partial charge in [0.25, 0.3) is 0 Å². The summed E-state index contributed by atoms with van der Waals surface area (Å²) >= 11 is 0. The van der Waals surface area contributed by atoms with Gasteiger partial charge < -0.3 is 20.1 Å². The van der Waals surface area contributed by atoms with Gasteiger partial charge in [-0.2, -0.15) is 0 Å². The molecular weight excluding hydrogens is 224 g/mol. The summed E-state index contributed by atoms with van der Waals surface area (Å²) in [6.45, 7) is 2.79. The van der Waals surface area contributed by atoms with Gasteiger partial charge in [0.2, 0.25) is 0 Å². The summed E-state index contributed by atoms with van der Waals surface area (Å²) in [6, 6.07) is 1.48. The molecular formula is C11H16N2O4. The number of anilines is 1. The largest absolute Gasteiger partial charge is 0.481 e. The predicted octanol–water partition coefficient (Wildman–Crippen LogP) is 0.875. The summed E-state index contributed by atoms with van der Waals surface area (Å²) in [6.07, 6.45) is 1.58. The van der Waals surface area contributed by atoms with Crippen LogP contribution in [0.15, 0.2) is 12.3 Å². The molecule has 0 aromatic carbocycles. The highest BCUT2D eigenvalue weighted by molar-refractivity contribution is 5.89. The Morgan fingerprint density at radius 1 is 1.53 bits per heavy atom. The van der Waals surface area contributed by atoms with E-state index in [4.69, 9.17) is 15.6 Å². The average Bonchev–Trinajstić information content (AvgIpc) is 2.54. The van der Waals surface area contributed by atoms with Crippen molar-refractivity contribution in [3.05, 3.63) is 18.0 Å². The van der Waals surface area contributed by atoms with Gasteiger partial charge in [-0.1, -0.05) is 0 Å². The Labute approximate surface area is 99.0 Å². The van der Waals surface area contributed by atoms with Crippen molar-refractivity contribution in [2.75, 3.05) is 12.3 Å². The van der Waals surface area contributed by atoms with E-state index in [1.165, 1.54) is 24.5 Å². The third-order valence-corrected chi connectivity index (χ3v) is 2.38. The average molecular weight is 240 g/mol. The molecule has 6 heteroatoms. The van der Waals surface area contributed by atoms with Crippen molar-refractivity contribution in [1.82, 2.24) is 4.57 Å². The van der Waals surface area contributed by atoms with Gasteiger partial charge in [0.15, 0.2) is 0 Å². The van der Waals surface area contributed by atoms with Gasteiger partial charge in [0.1, 0.15) is 12.3 Å². The van der Waals surface area contributed by atoms with Crippen molar-refractivity contribution in [2.45, 2.75) is 13.8 Å². The summed E-state index contributed by atoms with van der Waals surface area (Å²) in [5.74, 6) is -1.60. The number of rotatable bonds is 4. The molecule has 0 aliphatic rings. The first kappa shape index (κ1) is 13.1. The molecule has 0 radical (unpaired) electrons. The molecule has 0 saturated heterocycles. The minimum absolute atomic E-state index is 0.188. The van der Waals surface area contributed by atoms with E-state index in [0.717, 1.165) is 0 Å². The van der Waals surface area contributed by atoms with Gasteiger partial charge in [-0.15, -0.1) is 0 Å². The molecule has 6 nitrogen and oxygen atoms in total. The number of aryl methyl sites for hydroxylation is 1. The highest BCUT2D eigenvalue weighted by atomic mass is 16.5. The zero-order valence-electron chi connectivity index (χ0n) is 10.1. The lowest BCUT2D eigenvalue weighted by molar-refractivity contribution is -0.149. The van der Waals surface area contributed by atoms with Crippen molar-refractivity contribution in [3.8, 4) is 0 Å². The standard InChI is InChI=1S/C11H16N2O4/c1-11(2,10(15)16)6-17-9(14)8-4-7(12)5-13(8)3/h4-5H,6,12H2,1-3H3,(H,15,16). The third-order valence-electron chi connectivity index (χ3n) is 2.38. The topological polar surface area (TPSA) is 94.5 Å². The molecule has 1 rings (SSSR count). The highest BCUT2D eigenvalue weighted by Crippen LogP contribution is 2.17. The maximum absolute atomic E-state index is 11.7. The fourth-order valence-electron chi connectivity index (χ4n) is 1.17. The normalized spacial score (nSPS) is 11.2. The van der Waals surface area contributed by atoms with Crippen molar-refractivity contribution in [2.24, 2.45) is 12.5 Å². The Balaban J connectivity index is 2.68. The molecule has 0 fully saturated rings. The van der Waals surface area contributed by atoms with Crippen molar-refractivity contribution in [3.63, 3.8) is 0 Å².